The van der Waals surface area contributed by atoms with E-state index in [-0.39, 0.29) is 23.7 Å². The smallest absolute Gasteiger partial charge is 0.254 e. The third-order valence-corrected chi connectivity index (χ3v) is 2.63. The van der Waals surface area contributed by atoms with Gasteiger partial charge in [-0.15, -0.1) is 11.3 Å². The van der Waals surface area contributed by atoms with Gasteiger partial charge in [-0.1, -0.05) is 0 Å². The Labute approximate surface area is 100 Å². The van der Waals surface area contributed by atoms with Gasteiger partial charge in [-0.25, -0.2) is 4.98 Å². The SMILES string of the molecule is NC(=O)c1cn[nH]c1NC(=O)Cc1cscn1. The first-order valence-electron chi connectivity index (χ1n) is 4.67. The van der Waals surface area contributed by atoms with Crippen LogP contribution in [-0.2, 0) is 11.2 Å². The number of amides is 2. The van der Waals surface area contributed by atoms with Crippen LogP contribution >= 0.6 is 11.3 Å². The van der Waals surface area contributed by atoms with E-state index in [1.54, 1.807) is 10.9 Å². The predicted molar refractivity (Wildman–Crippen MR) is 61.6 cm³/mol. The maximum atomic E-state index is 11.6. The molecule has 0 radical (unpaired) electrons. The Hall–Kier alpha value is -2.22. The number of nitrogens with one attached hydrogen (secondary N) is 2. The molecule has 0 saturated heterocycles. The second kappa shape index (κ2) is 4.74. The van der Waals surface area contributed by atoms with E-state index < -0.39 is 5.91 Å². The van der Waals surface area contributed by atoms with Crippen LogP contribution in [0.25, 0.3) is 0 Å². The molecule has 0 aromatic carbocycles. The highest BCUT2D eigenvalue weighted by molar-refractivity contribution is 7.07. The standard InChI is InChI=1S/C9H9N5O2S/c10-8(16)6-2-12-14-9(6)13-7(15)1-5-3-17-4-11-5/h2-4H,1H2,(H2,10,16)(H2,12,13,14,15). The minimum Gasteiger partial charge on any atom is -0.365 e. The lowest BCUT2D eigenvalue weighted by atomic mass is 10.3. The Kier molecular flexibility index (Phi) is 3.15. The van der Waals surface area contributed by atoms with Crippen LogP contribution in [0.15, 0.2) is 17.1 Å². The minimum atomic E-state index is -0.650. The van der Waals surface area contributed by atoms with Crippen molar-refractivity contribution in [1.82, 2.24) is 15.2 Å². The number of aromatic amines is 1. The van der Waals surface area contributed by atoms with Crippen molar-refractivity contribution < 1.29 is 9.59 Å². The van der Waals surface area contributed by atoms with E-state index in [1.807, 2.05) is 0 Å². The van der Waals surface area contributed by atoms with E-state index >= 15 is 0 Å². The zero-order chi connectivity index (χ0) is 12.3. The summed E-state index contributed by atoms with van der Waals surface area (Å²) in [6.45, 7) is 0. The molecular formula is C9H9N5O2S. The van der Waals surface area contributed by atoms with Crippen molar-refractivity contribution in [1.29, 1.82) is 0 Å². The number of anilines is 1. The number of H-pyrrole nitrogens is 1. The molecule has 2 aromatic rings. The van der Waals surface area contributed by atoms with Crippen LogP contribution in [0.1, 0.15) is 16.1 Å². The first kappa shape index (κ1) is 11.3. The molecule has 0 saturated carbocycles. The number of hydrogen-bond donors (Lipinski definition) is 3. The molecular weight excluding hydrogens is 242 g/mol. The van der Waals surface area contributed by atoms with Gasteiger partial charge in [0.05, 0.1) is 23.8 Å². The number of thiazole rings is 1. The van der Waals surface area contributed by atoms with Crippen molar-refractivity contribution in [2.45, 2.75) is 6.42 Å². The first-order valence-corrected chi connectivity index (χ1v) is 5.61. The van der Waals surface area contributed by atoms with E-state index in [9.17, 15) is 9.59 Å². The average Bonchev–Trinajstić information content (AvgIpc) is 2.88. The van der Waals surface area contributed by atoms with Crippen LogP contribution in [-0.4, -0.2) is 27.0 Å². The molecule has 2 aromatic heterocycles. The fraction of sp³-hybridized carbons (Fsp3) is 0.111. The van der Waals surface area contributed by atoms with Crippen LogP contribution in [0.4, 0.5) is 5.82 Å². The summed E-state index contributed by atoms with van der Waals surface area (Å²) in [5, 5.41) is 10.4. The molecule has 4 N–H and O–H groups in total. The van der Waals surface area contributed by atoms with E-state index in [0.717, 1.165) is 0 Å². The monoisotopic (exact) mass is 251 g/mol. The van der Waals surface area contributed by atoms with E-state index in [2.05, 4.69) is 20.5 Å². The van der Waals surface area contributed by atoms with Crippen LogP contribution in [0.2, 0.25) is 0 Å². The maximum absolute atomic E-state index is 11.6. The summed E-state index contributed by atoms with van der Waals surface area (Å²) in [4.78, 5) is 26.6. The number of rotatable bonds is 4. The molecule has 2 amide bonds. The number of primary amides is 1. The number of nitrogens with two attached hydrogens (primary N) is 1. The molecule has 0 unspecified atom stereocenters. The highest BCUT2D eigenvalue weighted by Gasteiger charge is 2.13. The van der Waals surface area contributed by atoms with E-state index in [4.69, 9.17) is 5.73 Å². The van der Waals surface area contributed by atoms with Crippen LogP contribution in [0.3, 0.4) is 0 Å². The van der Waals surface area contributed by atoms with Gasteiger partial charge < -0.3 is 11.1 Å². The van der Waals surface area contributed by atoms with E-state index in [0.29, 0.717) is 5.69 Å². The Morgan fingerprint density at radius 3 is 3.00 bits per heavy atom. The molecule has 0 bridgehead atoms. The number of aromatic nitrogens is 3. The van der Waals surface area contributed by atoms with Crippen molar-refractivity contribution in [3.8, 4) is 0 Å². The van der Waals surface area contributed by atoms with Crippen molar-refractivity contribution >= 4 is 29.0 Å². The molecule has 17 heavy (non-hydrogen) atoms. The minimum absolute atomic E-state index is 0.140. The van der Waals surface area contributed by atoms with Gasteiger partial charge in [-0.2, -0.15) is 5.10 Å². The summed E-state index contributed by atoms with van der Waals surface area (Å²) < 4.78 is 0. The molecule has 0 spiro atoms. The van der Waals surface area contributed by atoms with Crippen molar-refractivity contribution in [2.24, 2.45) is 5.73 Å². The highest BCUT2D eigenvalue weighted by atomic mass is 32.1. The Balaban J connectivity index is 2.03. The van der Waals surface area contributed by atoms with Crippen LogP contribution in [0.5, 0.6) is 0 Å². The molecule has 88 valence electrons. The lowest BCUT2D eigenvalue weighted by molar-refractivity contribution is -0.115. The van der Waals surface area contributed by atoms with Crippen LogP contribution in [0, 0.1) is 0 Å². The van der Waals surface area contributed by atoms with Gasteiger partial charge >= 0.3 is 0 Å². The zero-order valence-corrected chi connectivity index (χ0v) is 9.45. The van der Waals surface area contributed by atoms with Gasteiger partial charge in [0.1, 0.15) is 11.4 Å². The fourth-order valence-electron chi connectivity index (χ4n) is 1.24. The fourth-order valence-corrected chi connectivity index (χ4v) is 1.80. The van der Waals surface area contributed by atoms with Crippen molar-refractivity contribution in [3.05, 3.63) is 28.3 Å². The lowest BCUT2D eigenvalue weighted by Gasteiger charge is -2.02. The van der Waals surface area contributed by atoms with Gasteiger partial charge in [0.2, 0.25) is 5.91 Å². The second-order valence-corrected chi connectivity index (χ2v) is 3.95. The molecule has 8 heteroatoms. The number of carbonyl (C=O) groups excluding carboxylic acids is 2. The maximum Gasteiger partial charge on any atom is 0.254 e. The zero-order valence-electron chi connectivity index (χ0n) is 8.64. The van der Waals surface area contributed by atoms with Crippen molar-refractivity contribution in [3.63, 3.8) is 0 Å². The van der Waals surface area contributed by atoms with Gasteiger partial charge in [-0.3, -0.25) is 14.7 Å². The number of hydrogen-bond acceptors (Lipinski definition) is 5. The average molecular weight is 251 g/mol. The number of nitrogens with zero attached hydrogens (tertiary/aromatic N) is 2. The Morgan fingerprint density at radius 2 is 2.35 bits per heavy atom. The summed E-state index contributed by atoms with van der Waals surface area (Å²) in [7, 11) is 0. The highest BCUT2D eigenvalue weighted by Crippen LogP contribution is 2.10. The van der Waals surface area contributed by atoms with Gasteiger partial charge in [0, 0.05) is 5.38 Å². The van der Waals surface area contributed by atoms with Crippen LogP contribution < -0.4 is 11.1 Å². The number of carbonyl (C=O) groups is 2. The quantitative estimate of drug-likeness (QED) is 0.717. The summed E-state index contributed by atoms with van der Waals surface area (Å²) >= 11 is 1.41. The van der Waals surface area contributed by atoms with Crippen molar-refractivity contribution in [2.75, 3.05) is 5.32 Å². The summed E-state index contributed by atoms with van der Waals surface area (Å²) in [6.07, 6.45) is 1.40. The van der Waals surface area contributed by atoms with Gasteiger partial charge in [0.25, 0.3) is 5.91 Å². The Bertz CT molecular complexity index is 533. The van der Waals surface area contributed by atoms with Gasteiger partial charge in [-0.05, 0) is 0 Å². The third kappa shape index (κ3) is 2.67. The first-order chi connectivity index (χ1) is 8.16. The Morgan fingerprint density at radius 1 is 1.53 bits per heavy atom. The molecule has 0 fully saturated rings. The predicted octanol–water partition coefficient (Wildman–Crippen LogP) is 0.146. The molecule has 2 rings (SSSR count). The molecule has 0 atom stereocenters. The topological polar surface area (TPSA) is 114 Å². The molecule has 0 aliphatic heterocycles. The lowest BCUT2D eigenvalue weighted by Crippen LogP contribution is -2.19. The summed E-state index contributed by atoms with van der Waals surface area (Å²) in [5.74, 6) is -0.733. The third-order valence-electron chi connectivity index (χ3n) is 1.99. The summed E-state index contributed by atoms with van der Waals surface area (Å²) in [5.41, 5.74) is 7.58. The molecule has 0 aliphatic carbocycles. The van der Waals surface area contributed by atoms with E-state index in [1.165, 1.54) is 17.5 Å². The molecule has 0 aliphatic rings. The summed E-state index contributed by atoms with van der Waals surface area (Å²) in [6, 6.07) is 0. The normalized spacial score (nSPS) is 10.1. The largest absolute Gasteiger partial charge is 0.365 e. The van der Waals surface area contributed by atoms with Gasteiger partial charge in [0.15, 0.2) is 0 Å². The molecule has 7 nitrogen and oxygen atoms in total. The second-order valence-electron chi connectivity index (χ2n) is 3.23. The molecule has 2 heterocycles.